The van der Waals surface area contributed by atoms with Gasteiger partial charge in [-0.1, -0.05) is 30.7 Å². The van der Waals surface area contributed by atoms with Crippen molar-refractivity contribution in [1.82, 2.24) is 15.0 Å². The number of benzene rings is 1. The summed E-state index contributed by atoms with van der Waals surface area (Å²) in [4.78, 5) is 12.3. The second kappa shape index (κ2) is 7.64. The highest BCUT2D eigenvalue weighted by Crippen LogP contribution is 2.16. The van der Waals surface area contributed by atoms with E-state index in [2.05, 4.69) is 20.3 Å². The Morgan fingerprint density at radius 2 is 1.90 bits per heavy atom. The molecule has 0 aliphatic rings. The van der Waals surface area contributed by atoms with E-state index in [1.165, 1.54) is 0 Å². The summed E-state index contributed by atoms with van der Waals surface area (Å²) >= 11 is 5.93. The van der Waals surface area contributed by atoms with Crippen LogP contribution in [-0.4, -0.2) is 28.6 Å². The maximum absolute atomic E-state index is 5.93. The molecule has 6 nitrogen and oxygen atoms in total. The van der Waals surface area contributed by atoms with Gasteiger partial charge in [0.15, 0.2) is 0 Å². The zero-order chi connectivity index (χ0) is 15.1. The minimum atomic E-state index is 0.209. The van der Waals surface area contributed by atoms with Gasteiger partial charge in [-0.15, -0.1) is 4.98 Å². The van der Waals surface area contributed by atoms with Gasteiger partial charge in [0.2, 0.25) is 5.95 Å². The van der Waals surface area contributed by atoms with Crippen LogP contribution in [0, 0.1) is 0 Å². The molecule has 112 valence electrons. The molecular weight excluding hydrogens is 292 g/mol. The molecule has 1 aromatic heterocycles. The zero-order valence-electron chi connectivity index (χ0n) is 12.0. The van der Waals surface area contributed by atoms with Gasteiger partial charge in [-0.3, -0.25) is 0 Å². The summed E-state index contributed by atoms with van der Waals surface area (Å²) in [7, 11) is 1.72. The molecule has 0 aliphatic carbocycles. The molecule has 1 N–H and O–H groups in total. The number of aromatic nitrogens is 3. The molecule has 0 amide bonds. The standard InChI is InChI=1S/C14H17ClN4O2/c1-3-7-20-13-17-12(16-2)18-14(19-13)21-9-10-5-4-6-11(15)8-10/h4-6,8H,3,7,9H2,1-2H3,(H,16,17,18,19). The number of rotatable bonds is 7. The lowest BCUT2D eigenvalue weighted by atomic mass is 10.2. The number of hydrogen-bond acceptors (Lipinski definition) is 6. The molecule has 0 aliphatic heterocycles. The van der Waals surface area contributed by atoms with E-state index in [9.17, 15) is 0 Å². The molecule has 0 fully saturated rings. The maximum atomic E-state index is 5.93. The molecule has 7 heteroatoms. The van der Waals surface area contributed by atoms with Gasteiger partial charge in [0, 0.05) is 12.1 Å². The van der Waals surface area contributed by atoms with Crippen molar-refractivity contribution in [1.29, 1.82) is 0 Å². The normalized spacial score (nSPS) is 10.2. The minimum Gasteiger partial charge on any atom is -0.463 e. The molecule has 2 aromatic rings. The van der Waals surface area contributed by atoms with Gasteiger partial charge in [0.05, 0.1) is 6.61 Å². The fourth-order valence-corrected chi connectivity index (χ4v) is 1.76. The highest BCUT2D eigenvalue weighted by molar-refractivity contribution is 6.30. The van der Waals surface area contributed by atoms with E-state index in [1.807, 2.05) is 31.2 Å². The Labute approximate surface area is 128 Å². The van der Waals surface area contributed by atoms with E-state index in [4.69, 9.17) is 21.1 Å². The van der Waals surface area contributed by atoms with Crippen LogP contribution in [0.1, 0.15) is 18.9 Å². The van der Waals surface area contributed by atoms with Crippen molar-refractivity contribution >= 4 is 17.5 Å². The van der Waals surface area contributed by atoms with E-state index < -0.39 is 0 Å². The minimum absolute atomic E-state index is 0.209. The van der Waals surface area contributed by atoms with E-state index in [1.54, 1.807) is 7.05 Å². The van der Waals surface area contributed by atoms with Gasteiger partial charge in [0.25, 0.3) is 0 Å². The topological polar surface area (TPSA) is 69.2 Å². The molecule has 0 bridgehead atoms. The molecule has 0 unspecified atom stereocenters. The molecule has 1 heterocycles. The first kappa shape index (κ1) is 15.3. The summed E-state index contributed by atoms with van der Waals surface area (Å²) < 4.78 is 11.0. The van der Waals surface area contributed by atoms with Crippen LogP contribution in [-0.2, 0) is 6.61 Å². The summed E-state index contributed by atoms with van der Waals surface area (Å²) in [5.74, 6) is 0.400. The molecule has 21 heavy (non-hydrogen) atoms. The average molecular weight is 309 g/mol. The van der Waals surface area contributed by atoms with E-state index >= 15 is 0 Å². The fourth-order valence-electron chi connectivity index (χ4n) is 1.55. The summed E-state index contributed by atoms with van der Waals surface area (Å²) in [5, 5.41) is 3.51. The van der Waals surface area contributed by atoms with Gasteiger partial charge in [0.1, 0.15) is 6.61 Å². The summed E-state index contributed by atoms with van der Waals surface area (Å²) in [5.41, 5.74) is 0.935. The molecule has 0 atom stereocenters. The molecule has 2 rings (SSSR count). The van der Waals surface area contributed by atoms with E-state index in [0.717, 1.165) is 12.0 Å². The van der Waals surface area contributed by atoms with Crippen LogP contribution in [0.4, 0.5) is 5.95 Å². The van der Waals surface area contributed by atoms with Gasteiger partial charge in [-0.25, -0.2) is 0 Å². The molecule has 1 aromatic carbocycles. The van der Waals surface area contributed by atoms with Crippen LogP contribution in [0.3, 0.4) is 0 Å². The smallest absolute Gasteiger partial charge is 0.324 e. The van der Waals surface area contributed by atoms with Crippen LogP contribution >= 0.6 is 11.6 Å². The van der Waals surface area contributed by atoms with Crippen molar-refractivity contribution in [2.24, 2.45) is 0 Å². The Morgan fingerprint density at radius 3 is 2.57 bits per heavy atom. The third kappa shape index (κ3) is 4.75. The van der Waals surface area contributed by atoms with Crippen LogP contribution in [0.25, 0.3) is 0 Å². The fraction of sp³-hybridized carbons (Fsp3) is 0.357. The van der Waals surface area contributed by atoms with Crippen molar-refractivity contribution in [2.45, 2.75) is 20.0 Å². The van der Waals surface area contributed by atoms with Crippen LogP contribution in [0.2, 0.25) is 5.02 Å². The number of anilines is 1. The molecule has 0 saturated carbocycles. The lowest BCUT2D eigenvalue weighted by molar-refractivity contribution is 0.256. The quantitative estimate of drug-likeness (QED) is 0.848. The summed E-state index contributed by atoms with van der Waals surface area (Å²) in [6.45, 7) is 2.87. The number of nitrogens with one attached hydrogen (secondary N) is 1. The van der Waals surface area contributed by atoms with Gasteiger partial charge in [-0.05, 0) is 24.1 Å². The third-order valence-electron chi connectivity index (χ3n) is 2.51. The largest absolute Gasteiger partial charge is 0.463 e. The van der Waals surface area contributed by atoms with Crippen molar-refractivity contribution in [3.05, 3.63) is 34.9 Å². The Hall–Kier alpha value is -2.08. The molecule has 0 radical (unpaired) electrons. The first-order valence-corrected chi connectivity index (χ1v) is 7.03. The Kier molecular flexibility index (Phi) is 5.57. The van der Waals surface area contributed by atoms with Gasteiger partial charge < -0.3 is 14.8 Å². The van der Waals surface area contributed by atoms with Crippen LogP contribution in [0.5, 0.6) is 12.0 Å². The maximum Gasteiger partial charge on any atom is 0.324 e. The van der Waals surface area contributed by atoms with Crippen molar-refractivity contribution in [3.8, 4) is 12.0 Å². The lowest BCUT2D eigenvalue weighted by Crippen LogP contribution is -2.07. The SMILES string of the molecule is CCCOc1nc(NC)nc(OCc2cccc(Cl)c2)n1. The van der Waals surface area contributed by atoms with Crippen molar-refractivity contribution in [3.63, 3.8) is 0 Å². The first-order chi connectivity index (χ1) is 10.2. The molecular formula is C14H17ClN4O2. The lowest BCUT2D eigenvalue weighted by Gasteiger charge is -2.08. The highest BCUT2D eigenvalue weighted by Gasteiger charge is 2.08. The number of halogens is 1. The van der Waals surface area contributed by atoms with Crippen LogP contribution < -0.4 is 14.8 Å². The second-order valence-electron chi connectivity index (χ2n) is 4.24. The number of hydrogen-bond donors (Lipinski definition) is 1. The first-order valence-electron chi connectivity index (χ1n) is 6.65. The average Bonchev–Trinajstić information content (AvgIpc) is 2.51. The molecule has 0 spiro atoms. The second-order valence-corrected chi connectivity index (χ2v) is 4.68. The van der Waals surface area contributed by atoms with Crippen molar-refractivity contribution in [2.75, 3.05) is 19.0 Å². The third-order valence-corrected chi connectivity index (χ3v) is 2.75. The summed E-state index contributed by atoms with van der Waals surface area (Å²) in [6.07, 6.45) is 0.874. The Morgan fingerprint density at radius 1 is 1.14 bits per heavy atom. The zero-order valence-corrected chi connectivity index (χ0v) is 12.7. The predicted octanol–water partition coefficient (Wildman–Crippen LogP) is 2.93. The van der Waals surface area contributed by atoms with Gasteiger partial charge in [-0.2, -0.15) is 9.97 Å². The Balaban J connectivity index is 2.07. The summed E-state index contributed by atoms with van der Waals surface area (Å²) in [6, 6.07) is 7.88. The monoisotopic (exact) mass is 308 g/mol. The highest BCUT2D eigenvalue weighted by atomic mass is 35.5. The number of nitrogens with zero attached hydrogens (tertiary/aromatic N) is 3. The number of ether oxygens (including phenoxy) is 2. The van der Waals surface area contributed by atoms with E-state index in [0.29, 0.717) is 24.2 Å². The van der Waals surface area contributed by atoms with Crippen molar-refractivity contribution < 1.29 is 9.47 Å². The van der Waals surface area contributed by atoms with Gasteiger partial charge >= 0.3 is 12.0 Å². The Bertz CT molecular complexity index is 595. The van der Waals surface area contributed by atoms with E-state index in [-0.39, 0.29) is 12.0 Å². The molecule has 0 saturated heterocycles. The van der Waals surface area contributed by atoms with Crippen LogP contribution in [0.15, 0.2) is 24.3 Å². The predicted molar refractivity (Wildman–Crippen MR) is 80.9 cm³/mol.